The molecular weight excluding hydrogens is 243 g/mol. The van der Waals surface area contributed by atoms with Gasteiger partial charge in [0.25, 0.3) is 0 Å². The third-order valence-electron chi connectivity index (χ3n) is 4.48. The van der Waals surface area contributed by atoms with Crippen LogP contribution in [-0.2, 0) is 0 Å². The fourth-order valence-electron chi connectivity index (χ4n) is 3.42. The minimum atomic E-state index is -4.05. The summed E-state index contributed by atoms with van der Waals surface area (Å²) in [5, 5.41) is 12.6. The van der Waals surface area contributed by atoms with E-state index in [1.807, 2.05) is 0 Å². The van der Waals surface area contributed by atoms with Crippen LogP contribution >= 0.6 is 0 Å². The van der Waals surface area contributed by atoms with Crippen molar-refractivity contribution in [3.8, 4) is 0 Å². The van der Waals surface area contributed by atoms with Crippen LogP contribution < -0.4 is 5.32 Å². The summed E-state index contributed by atoms with van der Waals surface area (Å²) in [5.74, 6) is -0.908. The first-order valence-corrected chi connectivity index (χ1v) is 6.94. The van der Waals surface area contributed by atoms with Gasteiger partial charge in [-0.2, -0.15) is 13.2 Å². The van der Waals surface area contributed by atoms with Crippen LogP contribution in [0.4, 0.5) is 13.2 Å². The van der Waals surface area contributed by atoms with Crippen LogP contribution in [-0.4, -0.2) is 30.0 Å². The van der Waals surface area contributed by atoms with Crippen LogP contribution in [0.2, 0.25) is 0 Å². The van der Waals surface area contributed by atoms with Gasteiger partial charge >= 0.3 is 6.18 Å². The molecule has 2 fully saturated rings. The summed E-state index contributed by atoms with van der Waals surface area (Å²) < 4.78 is 38.1. The monoisotopic (exact) mass is 265 g/mol. The molecule has 5 heteroatoms. The first-order valence-electron chi connectivity index (χ1n) is 6.94. The van der Waals surface area contributed by atoms with Crippen LogP contribution in [0.1, 0.15) is 44.9 Å². The molecule has 2 aliphatic rings. The highest BCUT2D eigenvalue weighted by molar-refractivity contribution is 4.89. The summed E-state index contributed by atoms with van der Waals surface area (Å²) in [7, 11) is 0. The number of rotatable bonds is 3. The Morgan fingerprint density at radius 2 is 1.78 bits per heavy atom. The van der Waals surface area contributed by atoms with Gasteiger partial charge in [-0.1, -0.05) is 12.8 Å². The van der Waals surface area contributed by atoms with E-state index in [2.05, 4.69) is 5.32 Å². The van der Waals surface area contributed by atoms with Crippen molar-refractivity contribution in [1.29, 1.82) is 0 Å². The predicted molar refractivity (Wildman–Crippen MR) is 63.2 cm³/mol. The number of halogens is 3. The number of nitrogens with one attached hydrogen (secondary N) is 1. The maximum atomic E-state index is 12.7. The van der Waals surface area contributed by atoms with Crippen molar-refractivity contribution in [2.75, 3.05) is 6.61 Å². The molecule has 0 aromatic heterocycles. The van der Waals surface area contributed by atoms with Gasteiger partial charge in [-0.05, 0) is 38.0 Å². The van der Waals surface area contributed by atoms with Crippen LogP contribution in [0.3, 0.4) is 0 Å². The van der Waals surface area contributed by atoms with E-state index in [9.17, 15) is 18.3 Å². The number of alkyl halides is 3. The van der Waals surface area contributed by atoms with Crippen molar-refractivity contribution in [3.63, 3.8) is 0 Å². The smallest absolute Gasteiger partial charge is 0.391 e. The Morgan fingerprint density at radius 1 is 1.06 bits per heavy atom. The summed E-state index contributed by atoms with van der Waals surface area (Å²) in [4.78, 5) is 0. The molecule has 2 aliphatic carbocycles. The highest BCUT2D eigenvalue weighted by Gasteiger charge is 2.42. The van der Waals surface area contributed by atoms with E-state index < -0.39 is 12.1 Å². The van der Waals surface area contributed by atoms with Gasteiger partial charge in [0.1, 0.15) is 0 Å². The zero-order valence-electron chi connectivity index (χ0n) is 10.5. The van der Waals surface area contributed by atoms with Crippen molar-refractivity contribution < 1.29 is 18.3 Å². The Morgan fingerprint density at radius 3 is 2.44 bits per heavy atom. The molecule has 0 aromatic rings. The summed E-state index contributed by atoms with van der Waals surface area (Å²) >= 11 is 0. The van der Waals surface area contributed by atoms with Crippen LogP contribution in [0.5, 0.6) is 0 Å². The van der Waals surface area contributed by atoms with Crippen molar-refractivity contribution in [1.82, 2.24) is 5.32 Å². The fourth-order valence-corrected chi connectivity index (χ4v) is 3.42. The minimum absolute atomic E-state index is 0.0254. The molecule has 4 unspecified atom stereocenters. The van der Waals surface area contributed by atoms with Gasteiger partial charge in [-0.25, -0.2) is 0 Å². The van der Waals surface area contributed by atoms with Gasteiger partial charge in [0.05, 0.1) is 5.92 Å². The largest absolute Gasteiger partial charge is 0.396 e. The Hall–Kier alpha value is -0.290. The number of hydrogen-bond donors (Lipinski definition) is 2. The van der Waals surface area contributed by atoms with E-state index in [0.29, 0.717) is 6.42 Å². The second-order valence-corrected chi connectivity index (χ2v) is 5.75. The first kappa shape index (κ1) is 14.1. The fraction of sp³-hybridized carbons (Fsp3) is 1.00. The van der Waals surface area contributed by atoms with Crippen LogP contribution in [0, 0.1) is 11.8 Å². The molecule has 2 rings (SSSR count). The molecule has 106 valence electrons. The molecule has 0 saturated heterocycles. The van der Waals surface area contributed by atoms with Gasteiger partial charge in [-0.15, -0.1) is 0 Å². The number of aliphatic hydroxyl groups is 1. The van der Waals surface area contributed by atoms with Gasteiger partial charge < -0.3 is 10.4 Å². The molecule has 0 bridgehead atoms. The van der Waals surface area contributed by atoms with E-state index in [1.54, 1.807) is 0 Å². The average molecular weight is 265 g/mol. The van der Waals surface area contributed by atoms with Gasteiger partial charge in [0.2, 0.25) is 0 Å². The molecule has 4 atom stereocenters. The molecule has 2 saturated carbocycles. The molecule has 2 nitrogen and oxygen atoms in total. The van der Waals surface area contributed by atoms with Gasteiger partial charge in [-0.3, -0.25) is 0 Å². The Labute approximate surface area is 106 Å². The van der Waals surface area contributed by atoms with Crippen molar-refractivity contribution in [2.45, 2.75) is 63.2 Å². The predicted octanol–water partition coefficient (Wildman–Crippen LogP) is 2.86. The highest BCUT2D eigenvalue weighted by atomic mass is 19.4. The molecule has 0 heterocycles. The summed E-state index contributed by atoms with van der Waals surface area (Å²) in [6, 6.07) is 0.189. The highest BCUT2D eigenvalue weighted by Crippen LogP contribution is 2.38. The Kier molecular flexibility index (Phi) is 4.54. The zero-order valence-corrected chi connectivity index (χ0v) is 10.5. The summed E-state index contributed by atoms with van der Waals surface area (Å²) in [6.07, 6.45) is 0.959. The minimum Gasteiger partial charge on any atom is -0.396 e. The molecule has 2 N–H and O–H groups in total. The van der Waals surface area contributed by atoms with Gasteiger partial charge in [0, 0.05) is 18.7 Å². The zero-order chi connectivity index (χ0) is 13.2. The lowest BCUT2D eigenvalue weighted by atomic mass is 9.84. The molecule has 0 amide bonds. The Bertz CT molecular complexity index is 269. The maximum absolute atomic E-state index is 12.7. The lowest BCUT2D eigenvalue weighted by Gasteiger charge is -2.34. The van der Waals surface area contributed by atoms with E-state index in [4.69, 9.17) is 0 Å². The Balaban J connectivity index is 1.86. The standard InChI is InChI=1S/C13H22F3NO/c14-13(15,16)10-4-2-5-11(7-10)17-12-6-1-3-9(12)8-18/h9-12,17-18H,1-8H2. The second kappa shape index (κ2) is 5.78. The molecule has 0 radical (unpaired) electrons. The molecule has 0 aliphatic heterocycles. The van der Waals surface area contributed by atoms with Crippen molar-refractivity contribution in [2.24, 2.45) is 11.8 Å². The van der Waals surface area contributed by atoms with Crippen molar-refractivity contribution >= 4 is 0 Å². The maximum Gasteiger partial charge on any atom is 0.391 e. The normalized spacial score (nSPS) is 38.0. The molecule has 0 spiro atoms. The van der Waals surface area contributed by atoms with E-state index in [1.165, 1.54) is 0 Å². The lowest BCUT2D eigenvalue weighted by molar-refractivity contribution is -0.184. The topological polar surface area (TPSA) is 32.3 Å². The van der Waals surface area contributed by atoms with Crippen LogP contribution in [0.25, 0.3) is 0 Å². The molecule has 18 heavy (non-hydrogen) atoms. The molecular formula is C13H22F3NO. The summed E-state index contributed by atoms with van der Waals surface area (Å²) in [6.45, 7) is 0.146. The average Bonchev–Trinajstić information content (AvgIpc) is 2.75. The first-order chi connectivity index (χ1) is 8.50. The lowest BCUT2D eigenvalue weighted by Crippen LogP contribution is -2.45. The number of hydrogen-bond acceptors (Lipinski definition) is 2. The van der Waals surface area contributed by atoms with E-state index in [-0.39, 0.29) is 37.5 Å². The summed E-state index contributed by atoms with van der Waals surface area (Å²) in [5.41, 5.74) is 0. The SMILES string of the molecule is OCC1CCCC1NC1CCCC(C(F)(F)F)C1. The van der Waals surface area contributed by atoms with Crippen LogP contribution in [0.15, 0.2) is 0 Å². The second-order valence-electron chi connectivity index (χ2n) is 5.75. The van der Waals surface area contributed by atoms with Crippen molar-refractivity contribution in [3.05, 3.63) is 0 Å². The number of aliphatic hydroxyl groups excluding tert-OH is 1. The molecule has 0 aromatic carbocycles. The van der Waals surface area contributed by atoms with E-state index >= 15 is 0 Å². The third kappa shape index (κ3) is 3.38. The third-order valence-corrected chi connectivity index (χ3v) is 4.48. The quantitative estimate of drug-likeness (QED) is 0.822. The van der Waals surface area contributed by atoms with Gasteiger partial charge in [0.15, 0.2) is 0 Å². The van der Waals surface area contributed by atoms with E-state index in [0.717, 1.165) is 25.7 Å².